The van der Waals surface area contributed by atoms with Crippen LogP contribution in [0.5, 0.6) is 0 Å². The van der Waals surface area contributed by atoms with Crippen LogP contribution >= 0.6 is 12.6 Å². The van der Waals surface area contributed by atoms with Crippen molar-refractivity contribution in [2.75, 3.05) is 17.6 Å². The number of amides is 1. The minimum atomic E-state index is -0.254. The zero-order chi connectivity index (χ0) is 16.7. The molecule has 0 fully saturated rings. The van der Waals surface area contributed by atoms with Crippen LogP contribution < -0.4 is 16.4 Å². The van der Waals surface area contributed by atoms with E-state index in [2.05, 4.69) is 37.1 Å². The highest BCUT2D eigenvalue weighted by molar-refractivity contribution is 7.80. The Bertz CT molecular complexity index is 493. The fourth-order valence-corrected chi connectivity index (χ4v) is 2.36. The quantitative estimate of drug-likeness (QED) is 0.556. The molecule has 4 nitrogen and oxygen atoms in total. The van der Waals surface area contributed by atoms with Gasteiger partial charge in [-0.05, 0) is 37.0 Å². The third-order valence-electron chi connectivity index (χ3n) is 4.19. The predicted molar refractivity (Wildman–Crippen MR) is 97.6 cm³/mol. The summed E-state index contributed by atoms with van der Waals surface area (Å²) in [6, 6.07) is 5.63. The molecule has 2 unspecified atom stereocenters. The Kier molecular flexibility index (Phi) is 7.93. The molecule has 0 heterocycles. The van der Waals surface area contributed by atoms with Crippen molar-refractivity contribution in [3.8, 4) is 0 Å². The zero-order valence-corrected chi connectivity index (χ0v) is 14.9. The van der Waals surface area contributed by atoms with Crippen LogP contribution in [0.15, 0.2) is 18.2 Å². The number of rotatable bonds is 8. The van der Waals surface area contributed by atoms with E-state index in [1.54, 1.807) is 0 Å². The Balaban J connectivity index is 2.81. The van der Waals surface area contributed by atoms with Gasteiger partial charge in [-0.25, -0.2) is 0 Å². The lowest BCUT2D eigenvalue weighted by atomic mass is 9.97. The number of nitrogens with one attached hydrogen (secondary N) is 2. The Morgan fingerprint density at radius 3 is 2.64 bits per heavy atom. The highest BCUT2D eigenvalue weighted by atomic mass is 32.1. The Labute approximate surface area is 139 Å². The fourth-order valence-electron chi connectivity index (χ4n) is 2.23. The molecule has 1 aromatic carbocycles. The normalized spacial score (nSPS) is 15.2. The zero-order valence-electron chi connectivity index (χ0n) is 14.0. The van der Waals surface area contributed by atoms with Gasteiger partial charge in [0.2, 0.25) is 5.91 Å². The molecule has 0 aromatic heterocycles. The maximum atomic E-state index is 12.6. The summed E-state index contributed by atoms with van der Waals surface area (Å²) in [6.45, 7) is 8.81. The van der Waals surface area contributed by atoms with E-state index < -0.39 is 0 Å². The van der Waals surface area contributed by atoms with Crippen molar-refractivity contribution in [2.45, 2.75) is 46.2 Å². The molecule has 0 saturated carbocycles. The second-order valence-electron chi connectivity index (χ2n) is 5.95. The second-order valence-corrected chi connectivity index (χ2v) is 6.32. The number of thiol groups is 1. The predicted octanol–water partition coefficient (Wildman–Crippen LogP) is 2.50. The lowest BCUT2D eigenvalue weighted by Gasteiger charge is -2.25. The van der Waals surface area contributed by atoms with Gasteiger partial charge in [0.15, 0.2) is 0 Å². The lowest BCUT2D eigenvalue weighted by Crippen LogP contribution is -2.49. The number of hydrogen-bond acceptors (Lipinski definition) is 4. The maximum absolute atomic E-state index is 12.6. The molecule has 4 N–H and O–H groups in total. The molecule has 0 radical (unpaired) electrons. The highest BCUT2D eigenvalue weighted by Crippen LogP contribution is 2.19. The van der Waals surface area contributed by atoms with Gasteiger partial charge in [0, 0.05) is 24.0 Å². The third kappa shape index (κ3) is 5.30. The maximum Gasteiger partial charge on any atom is 0.241 e. The fraction of sp³-hybridized carbons (Fsp3) is 0.588. The summed E-state index contributed by atoms with van der Waals surface area (Å²) >= 11 is 4.18. The summed E-state index contributed by atoms with van der Waals surface area (Å²) < 4.78 is 0. The highest BCUT2D eigenvalue weighted by Gasteiger charge is 2.24. The molecule has 22 heavy (non-hydrogen) atoms. The summed E-state index contributed by atoms with van der Waals surface area (Å²) in [5, 5.41) is 6.34. The van der Waals surface area contributed by atoms with Gasteiger partial charge in [-0.15, -0.1) is 0 Å². The Morgan fingerprint density at radius 1 is 1.36 bits per heavy atom. The van der Waals surface area contributed by atoms with E-state index in [0.29, 0.717) is 12.3 Å². The Hall–Kier alpha value is -1.04. The van der Waals surface area contributed by atoms with Crippen molar-refractivity contribution in [3.05, 3.63) is 29.3 Å². The van der Waals surface area contributed by atoms with Crippen molar-refractivity contribution in [3.63, 3.8) is 0 Å². The number of carbonyl (C=O) groups excluding carboxylic acids is 1. The van der Waals surface area contributed by atoms with Gasteiger partial charge in [-0.1, -0.05) is 32.4 Å². The van der Waals surface area contributed by atoms with Crippen molar-refractivity contribution < 1.29 is 4.79 Å². The van der Waals surface area contributed by atoms with Crippen molar-refractivity contribution in [1.29, 1.82) is 0 Å². The molecule has 3 atom stereocenters. The van der Waals surface area contributed by atoms with E-state index in [-0.39, 0.29) is 23.9 Å². The van der Waals surface area contributed by atoms with Gasteiger partial charge in [-0.3, -0.25) is 4.79 Å². The molecule has 0 bridgehead atoms. The molecule has 0 spiro atoms. The van der Waals surface area contributed by atoms with E-state index in [4.69, 9.17) is 5.73 Å². The summed E-state index contributed by atoms with van der Waals surface area (Å²) in [6.07, 6.45) is 0.925. The van der Waals surface area contributed by atoms with Gasteiger partial charge >= 0.3 is 0 Å². The van der Waals surface area contributed by atoms with Crippen molar-refractivity contribution in [2.24, 2.45) is 11.7 Å². The largest absolute Gasteiger partial charge is 0.326 e. The minimum absolute atomic E-state index is 0.00517. The average molecular weight is 324 g/mol. The lowest BCUT2D eigenvalue weighted by molar-refractivity contribution is -0.119. The molecule has 124 valence electrons. The monoisotopic (exact) mass is 323 g/mol. The van der Waals surface area contributed by atoms with Gasteiger partial charge in [0.05, 0.1) is 6.04 Å². The Morgan fingerprint density at radius 2 is 2.05 bits per heavy atom. The van der Waals surface area contributed by atoms with E-state index in [0.717, 1.165) is 17.7 Å². The van der Waals surface area contributed by atoms with Gasteiger partial charge in [0.1, 0.15) is 0 Å². The summed E-state index contributed by atoms with van der Waals surface area (Å²) in [7, 11) is 0. The second kappa shape index (κ2) is 9.18. The SMILES string of the molecule is CCC(C)[C@H](NCC(N)CS)C(=O)Nc1cccc(C)c1C. The first kappa shape index (κ1) is 19.0. The summed E-state index contributed by atoms with van der Waals surface area (Å²) in [5.41, 5.74) is 9.03. The molecule has 0 aliphatic rings. The summed E-state index contributed by atoms with van der Waals surface area (Å²) in [5.74, 6) is 0.824. The van der Waals surface area contributed by atoms with Crippen LogP contribution in [-0.2, 0) is 4.79 Å². The first-order valence-corrected chi connectivity index (χ1v) is 8.50. The molecule has 0 aliphatic heterocycles. The number of benzene rings is 1. The van der Waals surface area contributed by atoms with Crippen molar-refractivity contribution >= 4 is 24.2 Å². The molecular weight excluding hydrogens is 294 g/mol. The summed E-state index contributed by atoms with van der Waals surface area (Å²) in [4.78, 5) is 12.6. The number of hydrogen-bond donors (Lipinski definition) is 4. The number of aryl methyl sites for hydroxylation is 1. The van der Waals surface area contributed by atoms with Crippen LogP contribution in [0, 0.1) is 19.8 Å². The van der Waals surface area contributed by atoms with Crippen LogP contribution in [0.3, 0.4) is 0 Å². The molecule has 1 amide bonds. The van der Waals surface area contributed by atoms with Crippen LogP contribution in [0.25, 0.3) is 0 Å². The molecule has 0 saturated heterocycles. The number of carbonyl (C=O) groups is 1. The molecule has 1 aromatic rings. The van der Waals surface area contributed by atoms with Crippen molar-refractivity contribution in [1.82, 2.24) is 5.32 Å². The van der Waals surface area contributed by atoms with Gasteiger partial charge in [-0.2, -0.15) is 12.6 Å². The van der Waals surface area contributed by atoms with Crippen LogP contribution in [0.4, 0.5) is 5.69 Å². The number of anilines is 1. The average Bonchev–Trinajstić information content (AvgIpc) is 2.51. The van der Waals surface area contributed by atoms with E-state index in [1.807, 2.05) is 32.0 Å². The topological polar surface area (TPSA) is 67.1 Å². The third-order valence-corrected chi connectivity index (χ3v) is 4.66. The smallest absolute Gasteiger partial charge is 0.241 e. The first-order chi connectivity index (χ1) is 10.4. The van der Waals surface area contributed by atoms with Crippen LogP contribution in [0.2, 0.25) is 0 Å². The van der Waals surface area contributed by atoms with Gasteiger partial charge in [0.25, 0.3) is 0 Å². The minimum Gasteiger partial charge on any atom is -0.326 e. The standard InChI is InChI=1S/C17H29N3OS/c1-5-11(2)16(19-9-14(18)10-22)17(21)20-15-8-6-7-12(3)13(15)4/h6-8,11,14,16,19,22H,5,9-10,18H2,1-4H3,(H,20,21)/t11?,14?,16-/m0/s1. The molecule has 0 aliphatic carbocycles. The molecular formula is C17H29N3OS. The molecule has 1 rings (SSSR count). The van der Waals surface area contributed by atoms with Gasteiger partial charge < -0.3 is 16.4 Å². The van der Waals surface area contributed by atoms with E-state index in [9.17, 15) is 4.79 Å². The molecule has 5 heteroatoms. The van der Waals surface area contributed by atoms with Crippen LogP contribution in [-0.4, -0.2) is 30.3 Å². The first-order valence-electron chi connectivity index (χ1n) is 7.87. The van der Waals surface area contributed by atoms with E-state index >= 15 is 0 Å². The number of nitrogens with two attached hydrogens (primary N) is 1. The van der Waals surface area contributed by atoms with Crippen LogP contribution in [0.1, 0.15) is 31.4 Å². The van der Waals surface area contributed by atoms with E-state index in [1.165, 1.54) is 5.56 Å².